The number of aryl methyl sites for hydroxylation is 2. The van der Waals surface area contributed by atoms with E-state index in [0.29, 0.717) is 17.9 Å². The molecule has 0 bridgehead atoms. The van der Waals surface area contributed by atoms with Gasteiger partial charge in [0.2, 0.25) is 11.8 Å². The fourth-order valence-electron chi connectivity index (χ4n) is 3.11. The second-order valence-electron chi connectivity index (χ2n) is 6.21. The summed E-state index contributed by atoms with van der Waals surface area (Å²) in [5.41, 5.74) is 3.57. The molecule has 130 valence electrons. The number of anilines is 2. The van der Waals surface area contributed by atoms with Crippen molar-refractivity contribution in [2.24, 2.45) is 0 Å². The maximum atomic E-state index is 12.6. The summed E-state index contributed by atoms with van der Waals surface area (Å²) in [7, 11) is 1.56. The number of nitrogens with one attached hydrogen (secondary N) is 1. The summed E-state index contributed by atoms with van der Waals surface area (Å²) < 4.78 is 5.29. The van der Waals surface area contributed by atoms with Crippen molar-refractivity contribution in [2.75, 3.05) is 23.9 Å². The SMILES string of the molecule is COc1ccc(C)cc1NC(=O)CN1C(=O)CCCc2ccccc21. The van der Waals surface area contributed by atoms with Crippen molar-refractivity contribution in [1.82, 2.24) is 0 Å². The molecule has 0 radical (unpaired) electrons. The minimum atomic E-state index is -0.242. The predicted octanol–water partition coefficient (Wildman–Crippen LogP) is 3.31. The van der Waals surface area contributed by atoms with Gasteiger partial charge in [-0.2, -0.15) is 0 Å². The predicted molar refractivity (Wildman–Crippen MR) is 98.1 cm³/mol. The summed E-state index contributed by atoms with van der Waals surface area (Å²) in [5.74, 6) is 0.340. The number of nitrogens with zero attached hydrogens (tertiary/aromatic N) is 1. The first-order valence-corrected chi connectivity index (χ1v) is 8.41. The summed E-state index contributed by atoms with van der Waals surface area (Å²) in [4.78, 5) is 26.6. The number of rotatable bonds is 4. The van der Waals surface area contributed by atoms with Crippen molar-refractivity contribution in [3.05, 3.63) is 53.6 Å². The maximum Gasteiger partial charge on any atom is 0.244 e. The van der Waals surface area contributed by atoms with E-state index in [4.69, 9.17) is 4.74 Å². The summed E-state index contributed by atoms with van der Waals surface area (Å²) in [6, 6.07) is 13.4. The lowest BCUT2D eigenvalue weighted by Crippen LogP contribution is -2.37. The number of benzene rings is 2. The van der Waals surface area contributed by atoms with Gasteiger partial charge in [-0.15, -0.1) is 0 Å². The van der Waals surface area contributed by atoms with Gasteiger partial charge in [0.25, 0.3) is 0 Å². The van der Waals surface area contributed by atoms with Gasteiger partial charge in [0.15, 0.2) is 0 Å². The molecule has 0 spiro atoms. The second-order valence-corrected chi connectivity index (χ2v) is 6.21. The van der Waals surface area contributed by atoms with Gasteiger partial charge in [-0.25, -0.2) is 0 Å². The Morgan fingerprint density at radius 1 is 1.20 bits per heavy atom. The molecule has 1 aliphatic heterocycles. The first kappa shape index (κ1) is 17.0. The average molecular weight is 338 g/mol. The molecule has 1 aliphatic rings. The molecule has 2 aromatic rings. The lowest BCUT2D eigenvalue weighted by Gasteiger charge is -2.22. The summed E-state index contributed by atoms with van der Waals surface area (Å²) in [6.07, 6.45) is 2.11. The minimum absolute atomic E-state index is 0.00700. The summed E-state index contributed by atoms with van der Waals surface area (Å²) in [5, 5.41) is 2.86. The van der Waals surface area contributed by atoms with Crippen molar-refractivity contribution in [2.45, 2.75) is 26.2 Å². The van der Waals surface area contributed by atoms with E-state index in [1.54, 1.807) is 12.0 Å². The van der Waals surface area contributed by atoms with E-state index in [1.807, 2.05) is 49.4 Å². The Kier molecular flexibility index (Phi) is 5.03. The van der Waals surface area contributed by atoms with E-state index in [1.165, 1.54) is 0 Å². The molecular weight excluding hydrogens is 316 g/mol. The van der Waals surface area contributed by atoms with Crippen LogP contribution in [0.5, 0.6) is 5.75 Å². The lowest BCUT2D eigenvalue weighted by molar-refractivity contribution is -0.121. The number of carbonyl (C=O) groups is 2. The third-order valence-electron chi connectivity index (χ3n) is 4.35. The lowest BCUT2D eigenvalue weighted by atomic mass is 10.1. The molecule has 2 aromatic carbocycles. The topological polar surface area (TPSA) is 58.6 Å². The molecule has 0 atom stereocenters. The monoisotopic (exact) mass is 338 g/mol. The third-order valence-corrected chi connectivity index (χ3v) is 4.35. The molecule has 1 heterocycles. The first-order chi connectivity index (χ1) is 12.1. The van der Waals surface area contributed by atoms with Gasteiger partial charge in [-0.3, -0.25) is 9.59 Å². The van der Waals surface area contributed by atoms with Gasteiger partial charge in [0, 0.05) is 12.1 Å². The molecule has 0 unspecified atom stereocenters. The van der Waals surface area contributed by atoms with Crippen LogP contribution in [-0.4, -0.2) is 25.5 Å². The van der Waals surface area contributed by atoms with Gasteiger partial charge in [0.1, 0.15) is 12.3 Å². The molecule has 0 saturated carbocycles. The zero-order chi connectivity index (χ0) is 17.8. The van der Waals surface area contributed by atoms with Crippen molar-refractivity contribution in [3.8, 4) is 5.75 Å². The molecule has 5 nitrogen and oxygen atoms in total. The molecule has 1 N–H and O–H groups in total. The van der Waals surface area contributed by atoms with Crippen LogP contribution in [0.3, 0.4) is 0 Å². The van der Waals surface area contributed by atoms with Crippen molar-refractivity contribution < 1.29 is 14.3 Å². The molecule has 0 saturated heterocycles. The Hall–Kier alpha value is -2.82. The molecule has 3 rings (SSSR count). The van der Waals surface area contributed by atoms with Crippen molar-refractivity contribution in [3.63, 3.8) is 0 Å². The van der Waals surface area contributed by atoms with Crippen LogP contribution < -0.4 is 15.0 Å². The zero-order valence-corrected chi connectivity index (χ0v) is 14.5. The highest BCUT2D eigenvalue weighted by atomic mass is 16.5. The number of hydrogen-bond donors (Lipinski definition) is 1. The van der Waals surface area contributed by atoms with Gasteiger partial charge in [-0.05, 0) is 49.1 Å². The van der Waals surface area contributed by atoms with E-state index in [-0.39, 0.29) is 18.4 Å². The van der Waals surface area contributed by atoms with Crippen LogP contribution in [0.15, 0.2) is 42.5 Å². The number of amides is 2. The maximum absolute atomic E-state index is 12.6. The Bertz CT molecular complexity index is 801. The highest BCUT2D eigenvalue weighted by Gasteiger charge is 2.24. The van der Waals surface area contributed by atoms with Crippen LogP contribution in [0.4, 0.5) is 11.4 Å². The van der Waals surface area contributed by atoms with Gasteiger partial charge < -0.3 is 15.0 Å². The number of hydrogen-bond acceptors (Lipinski definition) is 3. The van der Waals surface area contributed by atoms with Crippen LogP contribution in [-0.2, 0) is 16.0 Å². The first-order valence-electron chi connectivity index (χ1n) is 8.41. The Labute approximate surface area is 147 Å². The van der Waals surface area contributed by atoms with E-state index in [0.717, 1.165) is 29.7 Å². The Morgan fingerprint density at radius 2 is 2.00 bits per heavy atom. The van der Waals surface area contributed by atoms with Gasteiger partial charge >= 0.3 is 0 Å². The molecule has 0 aliphatic carbocycles. The standard InChI is InChI=1S/C20H22N2O3/c1-14-10-11-18(25-2)16(12-14)21-19(23)13-22-17-8-4-3-6-15(17)7-5-9-20(22)24/h3-4,6,8,10-12H,5,7,9,13H2,1-2H3,(H,21,23). The van der Waals surface area contributed by atoms with E-state index in [9.17, 15) is 9.59 Å². The molecule has 0 fully saturated rings. The largest absolute Gasteiger partial charge is 0.495 e. The number of methoxy groups -OCH3 is 1. The Balaban J connectivity index is 1.81. The van der Waals surface area contributed by atoms with Crippen molar-refractivity contribution >= 4 is 23.2 Å². The van der Waals surface area contributed by atoms with Crippen LogP contribution in [0.25, 0.3) is 0 Å². The van der Waals surface area contributed by atoms with Crippen LogP contribution >= 0.6 is 0 Å². The van der Waals surface area contributed by atoms with E-state index in [2.05, 4.69) is 5.32 Å². The fraction of sp³-hybridized carbons (Fsp3) is 0.300. The highest BCUT2D eigenvalue weighted by Crippen LogP contribution is 2.28. The minimum Gasteiger partial charge on any atom is -0.495 e. The number of fused-ring (bicyclic) bond motifs is 1. The van der Waals surface area contributed by atoms with Crippen molar-refractivity contribution in [1.29, 1.82) is 0 Å². The zero-order valence-electron chi connectivity index (χ0n) is 14.5. The molecule has 25 heavy (non-hydrogen) atoms. The highest BCUT2D eigenvalue weighted by molar-refractivity contribution is 6.03. The normalized spacial score (nSPS) is 13.8. The van der Waals surface area contributed by atoms with Gasteiger partial charge in [0.05, 0.1) is 12.8 Å². The summed E-state index contributed by atoms with van der Waals surface area (Å²) in [6.45, 7) is 1.94. The quantitative estimate of drug-likeness (QED) is 0.930. The third kappa shape index (κ3) is 3.82. The number of para-hydroxylation sites is 1. The molecule has 2 amide bonds. The van der Waals surface area contributed by atoms with Gasteiger partial charge in [-0.1, -0.05) is 24.3 Å². The average Bonchev–Trinajstić information content (AvgIpc) is 2.75. The molecule has 5 heteroatoms. The number of carbonyl (C=O) groups excluding carboxylic acids is 2. The Morgan fingerprint density at radius 3 is 2.80 bits per heavy atom. The molecule has 0 aromatic heterocycles. The summed E-state index contributed by atoms with van der Waals surface area (Å²) >= 11 is 0. The van der Waals surface area contributed by atoms with E-state index >= 15 is 0 Å². The van der Waals surface area contributed by atoms with Crippen LogP contribution in [0.2, 0.25) is 0 Å². The van der Waals surface area contributed by atoms with E-state index < -0.39 is 0 Å². The van der Waals surface area contributed by atoms with Crippen LogP contribution in [0, 0.1) is 6.92 Å². The second kappa shape index (κ2) is 7.38. The fourth-order valence-corrected chi connectivity index (χ4v) is 3.11. The smallest absolute Gasteiger partial charge is 0.244 e. The number of ether oxygens (including phenoxy) is 1. The van der Waals surface area contributed by atoms with Crippen LogP contribution in [0.1, 0.15) is 24.0 Å². The molecular formula is C20H22N2O3.